The molecule has 0 amide bonds. The summed E-state index contributed by atoms with van der Waals surface area (Å²) in [4.78, 5) is 13.0. The maximum atomic E-state index is 11.9. The number of Topliss-reactive ketones (excluding diaryl/α,β-unsaturated/α-hetero) is 1. The summed E-state index contributed by atoms with van der Waals surface area (Å²) in [6.45, 7) is 4.10. The molecule has 1 atom stereocenters. The Morgan fingerprint density at radius 2 is 2.57 bits per heavy atom. The number of carbonyl (C=O) groups is 1. The highest BCUT2D eigenvalue weighted by Crippen LogP contribution is 2.21. The number of aryl methyl sites for hydroxylation is 1. The molecule has 0 radical (unpaired) electrons. The van der Waals surface area contributed by atoms with Gasteiger partial charge in [0, 0.05) is 16.9 Å². The van der Waals surface area contributed by atoms with Crippen LogP contribution in [0.2, 0.25) is 0 Å². The van der Waals surface area contributed by atoms with Crippen LogP contribution in [0.1, 0.15) is 28.1 Å². The lowest BCUT2D eigenvalue weighted by Gasteiger charge is -2.06. The molecule has 2 nitrogen and oxygen atoms in total. The van der Waals surface area contributed by atoms with Crippen molar-refractivity contribution in [1.29, 1.82) is 0 Å². The van der Waals surface area contributed by atoms with Gasteiger partial charge in [-0.1, -0.05) is 0 Å². The molecule has 3 heteroatoms. The molecular formula is C11H15NOS. The van der Waals surface area contributed by atoms with Crippen molar-refractivity contribution >= 4 is 17.1 Å². The molecule has 0 spiro atoms. The van der Waals surface area contributed by atoms with Gasteiger partial charge < -0.3 is 5.32 Å². The minimum absolute atomic E-state index is 0.317. The van der Waals surface area contributed by atoms with Crippen LogP contribution in [0.15, 0.2) is 11.4 Å². The Hall–Kier alpha value is -0.670. The zero-order valence-corrected chi connectivity index (χ0v) is 9.19. The molecule has 0 bridgehead atoms. The summed E-state index contributed by atoms with van der Waals surface area (Å²) < 4.78 is 0. The number of rotatable bonds is 3. The molecule has 1 aromatic rings. The van der Waals surface area contributed by atoms with Gasteiger partial charge in [-0.2, -0.15) is 0 Å². The molecule has 0 saturated carbocycles. The van der Waals surface area contributed by atoms with Crippen LogP contribution in [0.25, 0.3) is 0 Å². The molecular weight excluding hydrogens is 194 g/mol. The van der Waals surface area contributed by atoms with Crippen molar-refractivity contribution < 1.29 is 4.79 Å². The van der Waals surface area contributed by atoms with Crippen LogP contribution in [0.5, 0.6) is 0 Å². The van der Waals surface area contributed by atoms with Crippen molar-refractivity contribution in [2.45, 2.75) is 19.8 Å². The van der Waals surface area contributed by atoms with E-state index in [2.05, 4.69) is 5.32 Å². The van der Waals surface area contributed by atoms with Crippen molar-refractivity contribution in [2.24, 2.45) is 5.92 Å². The standard InChI is InChI=1S/C11H15NOS/c1-8-10(3-5-14-8)11(13)6-9-2-4-12-7-9/h3,5,9,12H,2,4,6-7H2,1H3. The molecule has 1 fully saturated rings. The zero-order valence-electron chi connectivity index (χ0n) is 8.38. The summed E-state index contributed by atoms with van der Waals surface area (Å²) in [5.74, 6) is 0.874. The maximum Gasteiger partial charge on any atom is 0.164 e. The lowest BCUT2D eigenvalue weighted by atomic mass is 9.98. The van der Waals surface area contributed by atoms with Crippen LogP contribution in [-0.2, 0) is 0 Å². The van der Waals surface area contributed by atoms with Crippen LogP contribution in [0.4, 0.5) is 0 Å². The Kier molecular flexibility index (Phi) is 2.99. The SMILES string of the molecule is Cc1sccc1C(=O)CC1CCNC1. The van der Waals surface area contributed by atoms with Crippen molar-refractivity contribution in [3.63, 3.8) is 0 Å². The number of thiophene rings is 1. The van der Waals surface area contributed by atoms with E-state index in [9.17, 15) is 4.79 Å². The predicted octanol–water partition coefficient (Wildman–Crippen LogP) is 2.24. The van der Waals surface area contributed by atoms with Gasteiger partial charge >= 0.3 is 0 Å². The molecule has 1 N–H and O–H groups in total. The second-order valence-electron chi connectivity index (χ2n) is 3.88. The molecule has 14 heavy (non-hydrogen) atoms. The molecule has 1 aliphatic rings. The second-order valence-corrected chi connectivity index (χ2v) is 5.00. The Morgan fingerprint density at radius 3 is 3.14 bits per heavy atom. The maximum absolute atomic E-state index is 11.9. The van der Waals surface area contributed by atoms with Crippen LogP contribution in [0, 0.1) is 12.8 Å². The molecule has 0 aliphatic carbocycles. The Morgan fingerprint density at radius 1 is 1.71 bits per heavy atom. The molecule has 1 aromatic heterocycles. The quantitative estimate of drug-likeness (QED) is 0.773. The fraction of sp³-hybridized carbons (Fsp3) is 0.545. The van der Waals surface area contributed by atoms with Gasteiger partial charge in [0.15, 0.2) is 5.78 Å². The van der Waals surface area contributed by atoms with Gasteiger partial charge in [-0.3, -0.25) is 4.79 Å². The van der Waals surface area contributed by atoms with E-state index in [0.29, 0.717) is 18.1 Å². The summed E-state index contributed by atoms with van der Waals surface area (Å²) in [6.07, 6.45) is 1.86. The van der Waals surface area contributed by atoms with Gasteiger partial charge in [-0.25, -0.2) is 0 Å². The number of hydrogen-bond donors (Lipinski definition) is 1. The first-order chi connectivity index (χ1) is 6.77. The van der Waals surface area contributed by atoms with Gasteiger partial charge in [0.2, 0.25) is 0 Å². The minimum atomic E-state index is 0.317. The topological polar surface area (TPSA) is 29.1 Å². The van der Waals surface area contributed by atoms with E-state index in [1.54, 1.807) is 11.3 Å². The number of hydrogen-bond acceptors (Lipinski definition) is 3. The van der Waals surface area contributed by atoms with E-state index >= 15 is 0 Å². The van der Waals surface area contributed by atoms with E-state index < -0.39 is 0 Å². The van der Waals surface area contributed by atoms with Crippen LogP contribution in [-0.4, -0.2) is 18.9 Å². The van der Waals surface area contributed by atoms with E-state index in [4.69, 9.17) is 0 Å². The fourth-order valence-corrected chi connectivity index (χ4v) is 2.65. The largest absolute Gasteiger partial charge is 0.316 e. The molecule has 2 rings (SSSR count). The van der Waals surface area contributed by atoms with E-state index in [0.717, 1.165) is 30.0 Å². The predicted molar refractivity (Wildman–Crippen MR) is 59.0 cm³/mol. The summed E-state index contributed by atoms with van der Waals surface area (Å²) in [6, 6.07) is 1.95. The van der Waals surface area contributed by atoms with Crippen molar-refractivity contribution in [3.8, 4) is 0 Å². The van der Waals surface area contributed by atoms with Crippen molar-refractivity contribution in [2.75, 3.05) is 13.1 Å². The summed E-state index contributed by atoms with van der Waals surface area (Å²) in [7, 11) is 0. The molecule has 76 valence electrons. The van der Waals surface area contributed by atoms with Gasteiger partial charge in [-0.15, -0.1) is 11.3 Å². The van der Waals surface area contributed by atoms with E-state index in [1.165, 1.54) is 0 Å². The second kappa shape index (κ2) is 4.24. The van der Waals surface area contributed by atoms with Gasteiger partial charge in [0.25, 0.3) is 0 Å². The number of nitrogens with one attached hydrogen (secondary N) is 1. The van der Waals surface area contributed by atoms with E-state index in [-0.39, 0.29) is 0 Å². The highest BCUT2D eigenvalue weighted by Gasteiger charge is 2.19. The van der Waals surface area contributed by atoms with Crippen molar-refractivity contribution in [3.05, 3.63) is 21.9 Å². The average Bonchev–Trinajstić information content (AvgIpc) is 2.75. The van der Waals surface area contributed by atoms with Gasteiger partial charge in [0.1, 0.15) is 0 Å². The monoisotopic (exact) mass is 209 g/mol. The summed E-state index contributed by atoms with van der Waals surface area (Å²) in [5, 5.41) is 5.28. The third-order valence-corrected chi connectivity index (χ3v) is 3.64. The fourth-order valence-electron chi connectivity index (χ4n) is 1.94. The average molecular weight is 209 g/mol. The minimum Gasteiger partial charge on any atom is -0.316 e. The molecule has 0 aromatic carbocycles. The first kappa shape index (κ1) is 9.87. The van der Waals surface area contributed by atoms with Gasteiger partial charge in [-0.05, 0) is 43.8 Å². The number of ketones is 1. The molecule has 1 saturated heterocycles. The first-order valence-corrected chi connectivity index (χ1v) is 5.93. The highest BCUT2D eigenvalue weighted by atomic mass is 32.1. The smallest absolute Gasteiger partial charge is 0.164 e. The van der Waals surface area contributed by atoms with Crippen molar-refractivity contribution in [1.82, 2.24) is 5.32 Å². The van der Waals surface area contributed by atoms with Crippen LogP contribution < -0.4 is 5.32 Å². The highest BCUT2D eigenvalue weighted by molar-refractivity contribution is 7.10. The third-order valence-electron chi connectivity index (χ3n) is 2.80. The summed E-state index contributed by atoms with van der Waals surface area (Å²) in [5.41, 5.74) is 0.932. The van der Waals surface area contributed by atoms with Crippen LogP contribution >= 0.6 is 11.3 Å². The normalized spacial score (nSPS) is 21.4. The number of carbonyl (C=O) groups excluding carboxylic acids is 1. The van der Waals surface area contributed by atoms with Crippen LogP contribution in [0.3, 0.4) is 0 Å². The zero-order chi connectivity index (χ0) is 9.97. The lowest BCUT2D eigenvalue weighted by Crippen LogP contribution is -2.12. The molecule has 1 aliphatic heterocycles. The van der Waals surface area contributed by atoms with E-state index in [1.807, 2.05) is 18.4 Å². The Labute approximate surface area is 88.3 Å². The Balaban J connectivity index is 1.98. The third kappa shape index (κ3) is 2.04. The molecule has 1 unspecified atom stereocenters. The lowest BCUT2D eigenvalue weighted by molar-refractivity contribution is 0.0964. The first-order valence-electron chi connectivity index (χ1n) is 5.05. The summed E-state index contributed by atoms with van der Waals surface area (Å²) >= 11 is 1.65. The van der Waals surface area contributed by atoms with Gasteiger partial charge in [0.05, 0.1) is 0 Å². The molecule has 2 heterocycles. The Bertz CT molecular complexity index is 326.